The predicted octanol–water partition coefficient (Wildman–Crippen LogP) is 8.15. The third-order valence-corrected chi connectivity index (χ3v) is 8.02. The summed E-state index contributed by atoms with van der Waals surface area (Å²) in [6, 6.07) is 18.3. The molecule has 1 atom stereocenters. The lowest BCUT2D eigenvalue weighted by Crippen LogP contribution is -2.28. The van der Waals surface area contributed by atoms with E-state index in [1.807, 2.05) is 35.1 Å². The largest absolute Gasteiger partial charge is 0.460 e. The lowest BCUT2D eigenvalue weighted by atomic mass is 10.0. The summed E-state index contributed by atoms with van der Waals surface area (Å²) in [6.07, 6.45) is 9.88. The van der Waals surface area contributed by atoms with Crippen molar-refractivity contribution in [1.82, 2.24) is 19.7 Å². The van der Waals surface area contributed by atoms with Crippen molar-refractivity contribution in [3.05, 3.63) is 105 Å². The highest BCUT2D eigenvalue weighted by molar-refractivity contribution is 6.35. The van der Waals surface area contributed by atoms with Crippen molar-refractivity contribution in [3.63, 3.8) is 0 Å². The molecule has 0 N–H and O–H groups in total. The minimum Gasteiger partial charge on any atom is -0.460 e. The highest BCUT2D eigenvalue weighted by Gasteiger charge is 2.30. The molecule has 5 nitrogen and oxygen atoms in total. The van der Waals surface area contributed by atoms with Crippen molar-refractivity contribution in [2.45, 2.75) is 44.6 Å². The molecular formula is C31H29Cl2FN4O. The summed E-state index contributed by atoms with van der Waals surface area (Å²) in [6.45, 7) is 1.37. The molecule has 0 spiro atoms. The van der Waals surface area contributed by atoms with E-state index in [9.17, 15) is 4.39 Å². The third-order valence-electron chi connectivity index (χ3n) is 7.48. The molecule has 1 fully saturated rings. The van der Waals surface area contributed by atoms with E-state index in [0.29, 0.717) is 22.7 Å². The average Bonchev–Trinajstić information content (AvgIpc) is 3.49. The molecule has 200 valence electrons. The van der Waals surface area contributed by atoms with Gasteiger partial charge in [-0.3, -0.25) is 9.88 Å². The molecule has 2 aliphatic rings. The zero-order chi connectivity index (χ0) is 26.8. The number of ether oxygens (including phenoxy) is 1. The first kappa shape index (κ1) is 26.1. The maximum Gasteiger partial charge on any atom is 0.238 e. The first-order valence-corrected chi connectivity index (χ1v) is 14.1. The van der Waals surface area contributed by atoms with E-state index in [1.54, 1.807) is 18.2 Å². The molecule has 6 rings (SSSR count). The maximum atomic E-state index is 13.6. The van der Waals surface area contributed by atoms with Gasteiger partial charge in [-0.15, -0.1) is 5.10 Å². The highest BCUT2D eigenvalue weighted by atomic mass is 35.5. The van der Waals surface area contributed by atoms with E-state index in [-0.39, 0.29) is 11.9 Å². The number of allylic oxidation sites excluding steroid dienone is 1. The van der Waals surface area contributed by atoms with Crippen molar-refractivity contribution in [2.24, 2.45) is 0 Å². The summed E-state index contributed by atoms with van der Waals surface area (Å²) >= 11 is 12.9. The first-order valence-electron chi connectivity index (χ1n) is 13.4. The maximum absolute atomic E-state index is 13.6. The van der Waals surface area contributed by atoms with Crippen LogP contribution in [-0.2, 0) is 6.42 Å². The van der Waals surface area contributed by atoms with Gasteiger partial charge in [0.05, 0.1) is 28.1 Å². The summed E-state index contributed by atoms with van der Waals surface area (Å²) in [5.74, 6) is 0.368. The number of halogens is 3. The Morgan fingerprint density at radius 1 is 1.00 bits per heavy atom. The molecule has 0 bridgehead atoms. The monoisotopic (exact) mass is 562 g/mol. The van der Waals surface area contributed by atoms with Crippen LogP contribution < -0.4 is 4.74 Å². The fourth-order valence-corrected chi connectivity index (χ4v) is 6.09. The number of pyridine rings is 1. The molecule has 2 aromatic carbocycles. The Kier molecular flexibility index (Phi) is 7.69. The summed E-state index contributed by atoms with van der Waals surface area (Å²) in [5, 5.41) is 6.06. The SMILES string of the molecule is Fc1ccc(/C=C2\CCCCc3c(OCN4CCCC4c4ccccn4)nn(-c4ccc(Cl)cc4Cl)c32)cc1. The average molecular weight is 564 g/mol. The van der Waals surface area contributed by atoms with Gasteiger partial charge in [-0.1, -0.05) is 41.4 Å². The predicted molar refractivity (Wildman–Crippen MR) is 154 cm³/mol. The molecule has 4 aromatic rings. The van der Waals surface area contributed by atoms with E-state index in [1.165, 1.54) is 12.1 Å². The molecule has 0 saturated carbocycles. The number of hydrogen-bond donors (Lipinski definition) is 0. The van der Waals surface area contributed by atoms with E-state index < -0.39 is 0 Å². The van der Waals surface area contributed by atoms with Crippen molar-refractivity contribution in [1.29, 1.82) is 0 Å². The van der Waals surface area contributed by atoms with E-state index in [2.05, 4.69) is 22.0 Å². The second-order valence-electron chi connectivity index (χ2n) is 10.1. The zero-order valence-corrected chi connectivity index (χ0v) is 23.0. The standard InChI is InChI=1S/C31H29Cl2FN4O/c32-23-12-15-28(26(33)19-23)38-30-22(18-21-10-13-24(34)14-11-21)6-1-2-7-25(30)31(36-38)39-20-37-17-5-9-29(37)27-8-3-4-16-35-27/h3-4,8,10-16,18-19,29H,1-2,5-7,9,17,20H2/b22-18+. The fraction of sp³-hybridized carbons (Fsp3) is 0.290. The fourth-order valence-electron chi connectivity index (χ4n) is 5.60. The van der Waals surface area contributed by atoms with Gasteiger partial charge in [-0.25, -0.2) is 9.07 Å². The van der Waals surface area contributed by atoms with Crippen LogP contribution in [0, 0.1) is 5.82 Å². The van der Waals surface area contributed by atoms with Crippen molar-refractivity contribution < 1.29 is 9.13 Å². The molecule has 8 heteroatoms. The zero-order valence-electron chi connectivity index (χ0n) is 21.5. The van der Waals surface area contributed by atoms with Gasteiger partial charge in [0.1, 0.15) is 12.5 Å². The van der Waals surface area contributed by atoms with Gasteiger partial charge in [-0.05, 0) is 98.2 Å². The second kappa shape index (κ2) is 11.5. The second-order valence-corrected chi connectivity index (χ2v) is 10.9. The topological polar surface area (TPSA) is 43.2 Å². The Morgan fingerprint density at radius 2 is 1.85 bits per heavy atom. The number of benzene rings is 2. The lowest BCUT2D eigenvalue weighted by Gasteiger charge is -2.23. The van der Waals surface area contributed by atoms with Gasteiger partial charge in [0.25, 0.3) is 0 Å². The van der Waals surface area contributed by atoms with Gasteiger partial charge in [0, 0.05) is 23.3 Å². The van der Waals surface area contributed by atoms with Crippen LogP contribution in [0.3, 0.4) is 0 Å². The summed E-state index contributed by atoms with van der Waals surface area (Å²) in [4.78, 5) is 6.92. The summed E-state index contributed by atoms with van der Waals surface area (Å²) < 4.78 is 22.0. The molecule has 0 amide bonds. The molecule has 1 saturated heterocycles. The molecule has 1 aliphatic heterocycles. The van der Waals surface area contributed by atoms with Crippen LogP contribution in [0.25, 0.3) is 17.3 Å². The molecule has 0 radical (unpaired) electrons. The lowest BCUT2D eigenvalue weighted by molar-refractivity contribution is 0.108. The molecule has 3 heterocycles. The summed E-state index contributed by atoms with van der Waals surface area (Å²) in [5.41, 5.74) is 5.92. The Hall–Kier alpha value is -3.19. The number of likely N-dealkylation sites (tertiary alicyclic amines) is 1. The Labute approximate surface area is 237 Å². The van der Waals surface area contributed by atoms with Crippen LogP contribution in [0.4, 0.5) is 4.39 Å². The molecule has 2 aromatic heterocycles. The smallest absolute Gasteiger partial charge is 0.238 e. The number of hydrogen-bond acceptors (Lipinski definition) is 4. The van der Waals surface area contributed by atoms with Gasteiger partial charge in [0.15, 0.2) is 0 Å². The van der Waals surface area contributed by atoms with Gasteiger partial charge >= 0.3 is 0 Å². The molecule has 1 aliphatic carbocycles. The Balaban J connectivity index is 1.39. The molecule has 39 heavy (non-hydrogen) atoms. The number of aromatic nitrogens is 3. The van der Waals surface area contributed by atoms with Gasteiger partial charge < -0.3 is 4.74 Å². The van der Waals surface area contributed by atoms with Crippen molar-refractivity contribution in [2.75, 3.05) is 13.3 Å². The van der Waals surface area contributed by atoms with Crippen LogP contribution in [-0.4, -0.2) is 32.9 Å². The Bertz CT molecular complexity index is 1490. The molecular weight excluding hydrogens is 534 g/mol. The van der Waals surface area contributed by atoms with Crippen LogP contribution in [0.5, 0.6) is 5.88 Å². The van der Waals surface area contributed by atoms with Crippen LogP contribution in [0.2, 0.25) is 10.0 Å². The third kappa shape index (κ3) is 5.60. The van der Waals surface area contributed by atoms with E-state index in [4.69, 9.17) is 33.0 Å². The minimum atomic E-state index is -0.252. The van der Waals surface area contributed by atoms with Crippen LogP contribution >= 0.6 is 23.2 Å². The quantitative estimate of drug-likeness (QED) is 0.222. The van der Waals surface area contributed by atoms with Crippen LogP contribution in [0.1, 0.15) is 60.7 Å². The van der Waals surface area contributed by atoms with E-state index >= 15 is 0 Å². The van der Waals surface area contributed by atoms with Crippen molar-refractivity contribution in [3.8, 4) is 11.6 Å². The first-order chi connectivity index (χ1) is 19.1. The summed E-state index contributed by atoms with van der Waals surface area (Å²) in [7, 11) is 0. The number of fused-ring (bicyclic) bond motifs is 1. The number of nitrogens with zero attached hydrogens (tertiary/aromatic N) is 4. The van der Waals surface area contributed by atoms with Crippen LogP contribution in [0.15, 0.2) is 66.9 Å². The Morgan fingerprint density at radius 3 is 2.64 bits per heavy atom. The van der Waals surface area contributed by atoms with Gasteiger partial charge in [0.2, 0.25) is 5.88 Å². The number of rotatable bonds is 6. The van der Waals surface area contributed by atoms with E-state index in [0.717, 1.165) is 78.8 Å². The van der Waals surface area contributed by atoms with Gasteiger partial charge in [-0.2, -0.15) is 0 Å². The minimum absolute atomic E-state index is 0.228. The van der Waals surface area contributed by atoms with Crippen molar-refractivity contribution >= 4 is 34.9 Å². The molecule has 1 unspecified atom stereocenters. The normalized spacial score (nSPS) is 18.7. The highest BCUT2D eigenvalue weighted by Crippen LogP contribution is 2.40.